The van der Waals surface area contributed by atoms with Crippen LogP contribution in [0.4, 0.5) is 10.1 Å². The van der Waals surface area contributed by atoms with E-state index in [0.717, 1.165) is 24.1 Å². The lowest BCUT2D eigenvalue weighted by atomic mass is 9.99. The van der Waals surface area contributed by atoms with Crippen LogP contribution in [0.25, 0.3) is 0 Å². The van der Waals surface area contributed by atoms with E-state index in [-0.39, 0.29) is 29.8 Å². The third-order valence-corrected chi connectivity index (χ3v) is 5.54. The number of halogens is 2. The number of hydrogen-bond donors (Lipinski definition) is 2. The maximum absolute atomic E-state index is 14.6. The van der Waals surface area contributed by atoms with E-state index in [1.165, 1.54) is 16.2 Å². The molecule has 0 atom stereocenters. The summed E-state index contributed by atoms with van der Waals surface area (Å²) < 4.78 is 20.0. The maximum Gasteiger partial charge on any atom is 0.265 e. The van der Waals surface area contributed by atoms with Gasteiger partial charge in [0, 0.05) is 17.8 Å². The van der Waals surface area contributed by atoms with Gasteiger partial charge in [-0.2, -0.15) is 0 Å². The lowest BCUT2D eigenvalue weighted by molar-refractivity contribution is 0.102. The molecule has 24 heavy (non-hydrogen) atoms. The van der Waals surface area contributed by atoms with Crippen molar-refractivity contribution in [1.82, 2.24) is 5.32 Å². The van der Waals surface area contributed by atoms with E-state index in [2.05, 4.69) is 10.6 Å². The molecule has 2 aromatic rings. The molecular weight excluding hydrogens is 351 g/mol. The van der Waals surface area contributed by atoms with Gasteiger partial charge in [-0.25, -0.2) is 4.39 Å². The number of thiophene rings is 1. The van der Waals surface area contributed by atoms with Gasteiger partial charge in [-0.15, -0.1) is 23.7 Å². The highest BCUT2D eigenvalue weighted by Gasteiger charge is 2.21. The van der Waals surface area contributed by atoms with Crippen molar-refractivity contribution in [2.24, 2.45) is 0 Å². The highest BCUT2D eigenvalue weighted by molar-refractivity contribution is 7.14. The summed E-state index contributed by atoms with van der Waals surface area (Å²) >= 11 is 1.47. The second-order valence-electron chi connectivity index (χ2n) is 5.81. The van der Waals surface area contributed by atoms with Crippen LogP contribution in [0.5, 0.6) is 0 Å². The fraction of sp³-hybridized carbons (Fsp3) is 0.353. The normalized spacial score (nSPS) is 15.9. The van der Waals surface area contributed by atoms with E-state index in [9.17, 15) is 9.18 Å². The van der Waals surface area contributed by atoms with Crippen molar-refractivity contribution < 1.29 is 13.9 Å². The summed E-state index contributed by atoms with van der Waals surface area (Å²) in [6, 6.07) is 5.39. The molecule has 0 aliphatic carbocycles. The molecule has 0 spiro atoms. The Balaban J connectivity index is 0.00000169. The molecule has 1 aromatic carbocycles. The first-order valence-corrected chi connectivity index (χ1v) is 8.55. The zero-order valence-corrected chi connectivity index (χ0v) is 14.6. The first-order chi connectivity index (χ1) is 11.2. The SMILES string of the molecule is Cl.O=C(Nc1ccc2c(c1F)CCNC2)c1cc2c(s1)CCOC2. The Morgan fingerprint density at radius 1 is 1.29 bits per heavy atom. The lowest BCUT2D eigenvalue weighted by Gasteiger charge is -2.19. The summed E-state index contributed by atoms with van der Waals surface area (Å²) in [6.07, 6.45) is 1.49. The van der Waals surface area contributed by atoms with Gasteiger partial charge in [0.1, 0.15) is 5.82 Å². The van der Waals surface area contributed by atoms with Crippen LogP contribution in [-0.2, 0) is 30.7 Å². The van der Waals surface area contributed by atoms with E-state index in [4.69, 9.17) is 4.74 Å². The van der Waals surface area contributed by atoms with E-state index in [1.807, 2.05) is 12.1 Å². The molecule has 0 saturated carbocycles. The number of rotatable bonds is 2. The smallest absolute Gasteiger partial charge is 0.265 e. The van der Waals surface area contributed by atoms with Crippen molar-refractivity contribution in [3.05, 3.63) is 50.5 Å². The minimum Gasteiger partial charge on any atom is -0.376 e. The number of nitrogens with one attached hydrogen (secondary N) is 2. The Bertz CT molecular complexity index is 755. The predicted molar refractivity (Wildman–Crippen MR) is 94.7 cm³/mol. The van der Waals surface area contributed by atoms with Crippen molar-refractivity contribution >= 4 is 35.3 Å². The quantitative estimate of drug-likeness (QED) is 0.855. The monoisotopic (exact) mass is 368 g/mol. The zero-order chi connectivity index (χ0) is 15.8. The minimum absolute atomic E-state index is 0. The average Bonchev–Trinajstić information content (AvgIpc) is 3.02. The molecule has 4 rings (SSSR count). The maximum atomic E-state index is 14.6. The number of amides is 1. The molecule has 2 aliphatic rings. The zero-order valence-electron chi connectivity index (χ0n) is 13.0. The Hall–Kier alpha value is -1.47. The molecule has 1 amide bonds. The molecule has 0 bridgehead atoms. The second kappa shape index (κ2) is 7.19. The van der Waals surface area contributed by atoms with Crippen molar-refractivity contribution in [3.8, 4) is 0 Å². The summed E-state index contributed by atoms with van der Waals surface area (Å²) in [4.78, 5) is 14.2. The number of ether oxygens (including phenoxy) is 1. The summed E-state index contributed by atoms with van der Waals surface area (Å²) in [6.45, 7) is 2.69. The van der Waals surface area contributed by atoms with Gasteiger partial charge in [0.15, 0.2) is 0 Å². The number of hydrogen-bond acceptors (Lipinski definition) is 4. The Kier molecular flexibility index (Phi) is 5.20. The molecule has 0 radical (unpaired) electrons. The molecule has 7 heteroatoms. The summed E-state index contributed by atoms with van der Waals surface area (Å²) in [5.74, 6) is -0.556. The summed E-state index contributed by atoms with van der Waals surface area (Å²) in [7, 11) is 0. The van der Waals surface area contributed by atoms with Crippen LogP contribution < -0.4 is 10.6 Å². The topological polar surface area (TPSA) is 50.4 Å². The van der Waals surface area contributed by atoms with Crippen molar-refractivity contribution in [3.63, 3.8) is 0 Å². The van der Waals surface area contributed by atoms with Crippen molar-refractivity contribution in [1.29, 1.82) is 0 Å². The third kappa shape index (κ3) is 3.19. The molecule has 2 aliphatic heterocycles. The molecule has 4 nitrogen and oxygen atoms in total. The van der Waals surface area contributed by atoms with E-state index < -0.39 is 0 Å². The van der Waals surface area contributed by atoms with Gasteiger partial charge in [-0.05, 0) is 41.8 Å². The van der Waals surface area contributed by atoms with E-state index >= 15 is 0 Å². The number of carbonyl (C=O) groups excluding carboxylic acids is 1. The molecule has 0 unspecified atom stereocenters. The summed E-state index contributed by atoms with van der Waals surface area (Å²) in [5, 5.41) is 5.94. The summed E-state index contributed by atoms with van der Waals surface area (Å²) in [5.41, 5.74) is 3.01. The average molecular weight is 369 g/mol. The van der Waals surface area contributed by atoms with Gasteiger partial charge in [0.2, 0.25) is 0 Å². The largest absolute Gasteiger partial charge is 0.376 e. The van der Waals surface area contributed by atoms with Crippen molar-refractivity contribution in [2.45, 2.75) is 26.0 Å². The highest BCUT2D eigenvalue weighted by atomic mass is 35.5. The predicted octanol–water partition coefficient (Wildman–Crippen LogP) is 3.28. The fourth-order valence-electron chi connectivity index (χ4n) is 3.07. The molecular formula is C17H18ClFN2O2S. The first-order valence-electron chi connectivity index (χ1n) is 7.74. The number of fused-ring (bicyclic) bond motifs is 2. The molecule has 0 fully saturated rings. The molecule has 2 N–H and O–H groups in total. The Morgan fingerprint density at radius 2 is 2.17 bits per heavy atom. The standard InChI is InChI=1S/C17H17FN2O2S.ClH/c18-16-12-3-5-19-8-10(12)1-2-13(16)20-17(21)15-7-11-9-22-6-4-14(11)23-15;/h1-2,7,19H,3-6,8-9H2,(H,20,21);1H. The van der Waals surface area contributed by atoms with Crippen LogP contribution in [0, 0.1) is 5.82 Å². The first kappa shape index (κ1) is 17.4. The second-order valence-corrected chi connectivity index (χ2v) is 6.94. The molecule has 0 saturated heterocycles. The number of carbonyl (C=O) groups is 1. The van der Waals surface area contributed by atoms with Crippen LogP contribution in [0.3, 0.4) is 0 Å². The van der Waals surface area contributed by atoms with E-state index in [1.54, 1.807) is 6.07 Å². The van der Waals surface area contributed by atoms with Gasteiger partial charge < -0.3 is 15.4 Å². The Labute approximate surface area is 149 Å². The van der Waals surface area contributed by atoms with Crippen molar-refractivity contribution in [2.75, 3.05) is 18.5 Å². The van der Waals surface area contributed by atoms with Gasteiger partial charge in [-0.3, -0.25) is 4.79 Å². The molecule has 3 heterocycles. The van der Waals surface area contributed by atoms with Crippen LogP contribution >= 0.6 is 23.7 Å². The minimum atomic E-state index is -0.304. The molecule has 128 valence electrons. The van der Waals surface area contributed by atoms with Gasteiger partial charge in [-0.1, -0.05) is 6.07 Å². The lowest BCUT2D eigenvalue weighted by Crippen LogP contribution is -2.25. The third-order valence-electron chi connectivity index (χ3n) is 4.31. The van der Waals surface area contributed by atoms with Crippen LogP contribution in [-0.4, -0.2) is 19.1 Å². The van der Waals surface area contributed by atoms with E-state index in [0.29, 0.717) is 36.6 Å². The van der Waals surface area contributed by atoms with Gasteiger partial charge >= 0.3 is 0 Å². The fourth-order valence-corrected chi connectivity index (χ4v) is 4.12. The van der Waals surface area contributed by atoms with Gasteiger partial charge in [0.25, 0.3) is 5.91 Å². The van der Waals surface area contributed by atoms with Crippen LogP contribution in [0.1, 0.15) is 31.2 Å². The van der Waals surface area contributed by atoms with Crippen LogP contribution in [0.2, 0.25) is 0 Å². The van der Waals surface area contributed by atoms with Gasteiger partial charge in [0.05, 0.1) is 23.8 Å². The number of benzene rings is 1. The Morgan fingerprint density at radius 3 is 3.00 bits per heavy atom. The highest BCUT2D eigenvalue weighted by Crippen LogP contribution is 2.29. The molecule has 1 aromatic heterocycles. The number of anilines is 1. The van der Waals surface area contributed by atoms with Crippen LogP contribution in [0.15, 0.2) is 18.2 Å².